The lowest BCUT2D eigenvalue weighted by Gasteiger charge is -2.23. The molecule has 0 spiro atoms. The summed E-state index contributed by atoms with van der Waals surface area (Å²) in [7, 11) is 0. The number of pyridine rings is 1. The van der Waals surface area contributed by atoms with Crippen molar-refractivity contribution in [3.05, 3.63) is 41.1 Å². The first-order valence-electron chi connectivity index (χ1n) is 7.51. The highest BCUT2D eigenvalue weighted by atomic mass is 16.6. The van der Waals surface area contributed by atoms with Gasteiger partial charge in [0, 0.05) is 31.7 Å². The number of anilines is 1. The van der Waals surface area contributed by atoms with Gasteiger partial charge in [-0.1, -0.05) is 6.08 Å². The molecule has 2 rings (SSSR count). The number of aromatic nitrogens is 1. The number of hydrogen-bond acceptors (Lipinski definition) is 6. The summed E-state index contributed by atoms with van der Waals surface area (Å²) in [6.07, 6.45) is 3.78. The van der Waals surface area contributed by atoms with Crippen LogP contribution in [0.15, 0.2) is 31.0 Å². The first-order chi connectivity index (χ1) is 11.0. The molecule has 0 bridgehead atoms. The van der Waals surface area contributed by atoms with E-state index >= 15 is 0 Å². The largest absolute Gasteiger partial charge is 0.366 e. The molecule has 8 nitrogen and oxygen atoms in total. The van der Waals surface area contributed by atoms with Crippen molar-refractivity contribution < 1.29 is 9.72 Å². The molecule has 1 aromatic rings. The van der Waals surface area contributed by atoms with E-state index in [9.17, 15) is 14.9 Å². The van der Waals surface area contributed by atoms with Gasteiger partial charge >= 0.3 is 0 Å². The van der Waals surface area contributed by atoms with E-state index in [1.807, 2.05) is 6.92 Å². The molecular weight excluding hydrogens is 298 g/mol. The van der Waals surface area contributed by atoms with Gasteiger partial charge in [0.1, 0.15) is 12.0 Å². The van der Waals surface area contributed by atoms with Gasteiger partial charge in [-0.2, -0.15) is 0 Å². The number of hydrogen-bond donors (Lipinski definition) is 2. The summed E-state index contributed by atoms with van der Waals surface area (Å²) < 4.78 is 0. The molecule has 0 aliphatic carbocycles. The third-order valence-electron chi connectivity index (χ3n) is 3.88. The Labute approximate surface area is 134 Å². The van der Waals surface area contributed by atoms with E-state index in [-0.39, 0.29) is 23.7 Å². The zero-order valence-electron chi connectivity index (χ0n) is 13.1. The van der Waals surface area contributed by atoms with Crippen molar-refractivity contribution in [2.45, 2.75) is 25.4 Å². The molecule has 1 fully saturated rings. The van der Waals surface area contributed by atoms with Gasteiger partial charge in [-0.15, -0.1) is 6.58 Å². The second-order valence-electron chi connectivity index (χ2n) is 5.49. The lowest BCUT2D eigenvalue weighted by atomic mass is 10.2. The molecule has 0 saturated carbocycles. The van der Waals surface area contributed by atoms with Gasteiger partial charge in [-0.05, 0) is 19.4 Å². The van der Waals surface area contributed by atoms with E-state index in [0.29, 0.717) is 12.4 Å². The summed E-state index contributed by atoms with van der Waals surface area (Å²) in [4.78, 5) is 28.2. The van der Waals surface area contributed by atoms with Gasteiger partial charge in [0.15, 0.2) is 0 Å². The van der Waals surface area contributed by atoms with Gasteiger partial charge in [-0.25, -0.2) is 4.98 Å². The van der Waals surface area contributed by atoms with Crippen molar-refractivity contribution in [1.82, 2.24) is 15.2 Å². The van der Waals surface area contributed by atoms with E-state index < -0.39 is 4.92 Å². The average Bonchev–Trinajstić information content (AvgIpc) is 3.00. The summed E-state index contributed by atoms with van der Waals surface area (Å²) in [6.45, 7) is 7.46. The number of likely N-dealkylation sites (tertiary alicyclic amines) is 1. The highest BCUT2D eigenvalue weighted by Crippen LogP contribution is 2.18. The third kappa shape index (κ3) is 4.49. The van der Waals surface area contributed by atoms with Crippen LogP contribution in [0.25, 0.3) is 0 Å². The highest BCUT2D eigenvalue weighted by molar-refractivity contribution is 5.81. The fourth-order valence-electron chi connectivity index (χ4n) is 2.53. The first kappa shape index (κ1) is 16.9. The van der Waals surface area contributed by atoms with Gasteiger partial charge in [0.25, 0.3) is 5.69 Å². The molecule has 2 N–H and O–H groups in total. The molecule has 8 heteroatoms. The topological polar surface area (TPSA) is 100 Å². The van der Waals surface area contributed by atoms with E-state index in [0.717, 1.165) is 19.5 Å². The van der Waals surface area contributed by atoms with Crippen LogP contribution in [0, 0.1) is 10.1 Å². The number of rotatable bonds is 7. The Morgan fingerprint density at radius 3 is 3.04 bits per heavy atom. The van der Waals surface area contributed by atoms with Crippen LogP contribution in [0.4, 0.5) is 11.5 Å². The Morgan fingerprint density at radius 1 is 1.65 bits per heavy atom. The summed E-state index contributed by atoms with van der Waals surface area (Å²) >= 11 is 0. The number of nitro groups is 1. The van der Waals surface area contributed by atoms with Crippen LogP contribution in [0.3, 0.4) is 0 Å². The first-order valence-corrected chi connectivity index (χ1v) is 7.51. The normalized spacial score (nSPS) is 19.1. The third-order valence-corrected chi connectivity index (χ3v) is 3.88. The Kier molecular flexibility index (Phi) is 5.64. The summed E-state index contributed by atoms with van der Waals surface area (Å²) in [5.41, 5.74) is -0.0314. The zero-order valence-corrected chi connectivity index (χ0v) is 13.1. The number of nitrogens with zero attached hydrogens (tertiary/aromatic N) is 3. The van der Waals surface area contributed by atoms with Crippen LogP contribution in [-0.2, 0) is 4.79 Å². The van der Waals surface area contributed by atoms with Crippen molar-refractivity contribution >= 4 is 17.4 Å². The molecule has 2 unspecified atom stereocenters. The van der Waals surface area contributed by atoms with E-state index in [1.165, 1.54) is 12.3 Å². The fourth-order valence-corrected chi connectivity index (χ4v) is 2.53. The number of carbonyl (C=O) groups excluding carboxylic acids is 1. The maximum Gasteiger partial charge on any atom is 0.287 e. The minimum atomic E-state index is -0.475. The van der Waals surface area contributed by atoms with Crippen molar-refractivity contribution in [3.8, 4) is 0 Å². The molecule has 124 valence electrons. The molecule has 1 amide bonds. The Bertz CT molecular complexity index is 575. The summed E-state index contributed by atoms with van der Waals surface area (Å²) in [5.74, 6) is 0.588. The maximum absolute atomic E-state index is 12.0. The monoisotopic (exact) mass is 319 g/mol. The van der Waals surface area contributed by atoms with Crippen molar-refractivity contribution in [1.29, 1.82) is 0 Å². The molecular formula is C15H21N5O3. The quantitative estimate of drug-likeness (QED) is 0.444. The lowest BCUT2D eigenvalue weighted by Crippen LogP contribution is -2.44. The zero-order chi connectivity index (χ0) is 16.8. The second-order valence-corrected chi connectivity index (χ2v) is 5.49. The molecule has 0 aromatic carbocycles. The molecule has 1 aliphatic rings. The van der Waals surface area contributed by atoms with Crippen LogP contribution in [0.2, 0.25) is 0 Å². The molecule has 2 heterocycles. The average molecular weight is 319 g/mol. The van der Waals surface area contributed by atoms with Crippen molar-refractivity contribution in [2.24, 2.45) is 0 Å². The van der Waals surface area contributed by atoms with E-state index in [4.69, 9.17) is 0 Å². The van der Waals surface area contributed by atoms with Crippen LogP contribution >= 0.6 is 0 Å². The predicted molar refractivity (Wildman–Crippen MR) is 87.2 cm³/mol. The van der Waals surface area contributed by atoms with Crippen LogP contribution in [0.1, 0.15) is 13.3 Å². The number of carbonyl (C=O) groups is 1. The van der Waals surface area contributed by atoms with Gasteiger partial charge < -0.3 is 10.6 Å². The minimum Gasteiger partial charge on any atom is -0.366 e. The molecule has 1 aliphatic heterocycles. The smallest absolute Gasteiger partial charge is 0.287 e. The van der Waals surface area contributed by atoms with Gasteiger partial charge in [-0.3, -0.25) is 19.8 Å². The number of nitrogens with one attached hydrogen (secondary N) is 2. The molecule has 0 radical (unpaired) electrons. The fraction of sp³-hybridized carbons (Fsp3) is 0.467. The predicted octanol–water partition coefficient (Wildman–Crippen LogP) is 1.17. The second kappa shape index (κ2) is 7.68. The molecule has 1 aromatic heterocycles. The molecule has 23 heavy (non-hydrogen) atoms. The lowest BCUT2D eigenvalue weighted by molar-refractivity contribution is -0.385. The van der Waals surface area contributed by atoms with Gasteiger partial charge in [0.05, 0.1) is 11.0 Å². The standard InChI is InChI=1S/C15H21N5O3/c1-3-7-16-15(21)11(2)19-8-6-12(10-19)18-14-5-4-13(9-17-14)20(22)23/h3-5,9,11-12H,1,6-8,10H2,2H3,(H,16,21)(H,17,18). The summed E-state index contributed by atoms with van der Waals surface area (Å²) in [5, 5.41) is 16.7. The van der Waals surface area contributed by atoms with E-state index in [1.54, 1.807) is 12.1 Å². The Morgan fingerprint density at radius 2 is 2.43 bits per heavy atom. The molecule has 1 saturated heterocycles. The van der Waals surface area contributed by atoms with Gasteiger partial charge in [0.2, 0.25) is 5.91 Å². The summed E-state index contributed by atoms with van der Waals surface area (Å²) in [6, 6.07) is 2.99. The van der Waals surface area contributed by atoms with E-state index in [2.05, 4.69) is 27.1 Å². The van der Waals surface area contributed by atoms with Crippen molar-refractivity contribution in [2.75, 3.05) is 25.0 Å². The molecule has 2 atom stereocenters. The highest BCUT2D eigenvalue weighted by Gasteiger charge is 2.29. The maximum atomic E-state index is 12.0. The number of amides is 1. The van der Waals surface area contributed by atoms with Crippen molar-refractivity contribution in [3.63, 3.8) is 0 Å². The minimum absolute atomic E-state index is 0.0148. The van der Waals surface area contributed by atoms with Crippen LogP contribution < -0.4 is 10.6 Å². The van der Waals surface area contributed by atoms with Crippen LogP contribution in [-0.4, -0.2) is 52.4 Å². The Balaban J connectivity index is 1.86. The van der Waals surface area contributed by atoms with Crippen LogP contribution in [0.5, 0.6) is 0 Å². The Hall–Kier alpha value is -2.48. The SMILES string of the molecule is C=CCNC(=O)C(C)N1CCC(Nc2ccc([N+](=O)[O-])cn2)C1.